The van der Waals surface area contributed by atoms with E-state index in [9.17, 15) is 0 Å². The highest BCUT2D eigenvalue weighted by Gasteiger charge is 2.17. The monoisotopic (exact) mass is 244 g/mol. The van der Waals surface area contributed by atoms with Crippen molar-refractivity contribution in [1.29, 1.82) is 0 Å². The van der Waals surface area contributed by atoms with Gasteiger partial charge in [-0.3, -0.25) is 0 Å². The third-order valence-electron chi connectivity index (χ3n) is 1.69. The molecule has 0 amide bonds. The number of thiazole rings is 1. The molecule has 0 spiro atoms. The number of nitrogens with two attached hydrogens (primary N) is 2. The summed E-state index contributed by atoms with van der Waals surface area (Å²) in [7, 11) is 0. The normalized spacial score (nSPS) is 13.1. The SMILES string of the molecule is CC(C)(C)c1nc(CSC(N)=NN)cs1. The molecule has 0 aliphatic carbocycles. The number of hydrogen-bond acceptors (Lipinski definition) is 5. The van der Waals surface area contributed by atoms with E-state index in [1.807, 2.05) is 0 Å². The number of thioether (sulfide) groups is 1. The van der Waals surface area contributed by atoms with Crippen molar-refractivity contribution in [2.45, 2.75) is 31.9 Å². The molecule has 0 radical (unpaired) electrons. The van der Waals surface area contributed by atoms with Crippen molar-refractivity contribution in [3.8, 4) is 0 Å². The van der Waals surface area contributed by atoms with Crippen molar-refractivity contribution in [2.75, 3.05) is 0 Å². The molecule has 0 fully saturated rings. The lowest BCUT2D eigenvalue weighted by atomic mass is 9.98. The van der Waals surface area contributed by atoms with Crippen molar-refractivity contribution >= 4 is 28.3 Å². The van der Waals surface area contributed by atoms with Crippen LogP contribution in [0.2, 0.25) is 0 Å². The van der Waals surface area contributed by atoms with E-state index < -0.39 is 0 Å². The van der Waals surface area contributed by atoms with E-state index in [1.165, 1.54) is 11.8 Å². The average molecular weight is 244 g/mol. The summed E-state index contributed by atoms with van der Waals surface area (Å²) in [5.74, 6) is 5.76. The van der Waals surface area contributed by atoms with E-state index >= 15 is 0 Å². The van der Waals surface area contributed by atoms with Crippen molar-refractivity contribution in [1.82, 2.24) is 4.98 Å². The highest BCUT2D eigenvalue weighted by molar-refractivity contribution is 8.13. The number of aromatic nitrogens is 1. The quantitative estimate of drug-likeness (QED) is 0.360. The fraction of sp³-hybridized carbons (Fsp3) is 0.556. The van der Waals surface area contributed by atoms with Gasteiger partial charge in [-0.2, -0.15) is 5.10 Å². The molecule has 1 aromatic heterocycles. The lowest BCUT2D eigenvalue weighted by Gasteiger charge is -2.13. The molecule has 1 heterocycles. The van der Waals surface area contributed by atoms with Crippen LogP contribution in [0.3, 0.4) is 0 Å². The van der Waals surface area contributed by atoms with Gasteiger partial charge in [-0.25, -0.2) is 4.98 Å². The number of rotatable bonds is 2. The molecule has 0 aromatic carbocycles. The Morgan fingerprint density at radius 1 is 1.60 bits per heavy atom. The minimum Gasteiger partial charge on any atom is -0.377 e. The number of hydrazone groups is 1. The molecule has 0 saturated carbocycles. The second-order valence-electron chi connectivity index (χ2n) is 4.15. The van der Waals surface area contributed by atoms with E-state index in [0.717, 1.165) is 16.5 Å². The van der Waals surface area contributed by atoms with Crippen molar-refractivity contribution in [3.05, 3.63) is 16.1 Å². The fourth-order valence-corrected chi connectivity index (χ4v) is 2.43. The van der Waals surface area contributed by atoms with Crippen LogP contribution in [-0.2, 0) is 11.2 Å². The maximum absolute atomic E-state index is 5.48. The van der Waals surface area contributed by atoms with Crippen LogP contribution in [0.1, 0.15) is 31.5 Å². The zero-order valence-electron chi connectivity index (χ0n) is 9.15. The third-order valence-corrected chi connectivity index (χ3v) is 3.85. The molecule has 4 N–H and O–H groups in total. The van der Waals surface area contributed by atoms with Crippen molar-refractivity contribution < 1.29 is 0 Å². The smallest absolute Gasteiger partial charge is 0.177 e. The molecule has 1 rings (SSSR count). The topological polar surface area (TPSA) is 77.3 Å². The van der Waals surface area contributed by atoms with Crippen LogP contribution in [0.15, 0.2) is 10.5 Å². The Kier molecular flexibility index (Phi) is 3.98. The van der Waals surface area contributed by atoms with E-state index in [1.54, 1.807) is 11.3 Å². The van der Waals surface area contributed by atoms with Gasteiger partial charge in [0, 0.05) is 16.5 Å². The standard InChI is InChI=1S/C9H16N4S2/c1-9(2,3)7-12-6(4-14-7)5-15-8(10)13-11/h4H,5,11H2,1-3H3,(H2,10,13). The van der Waals surface area contributed by atoms with Crippen LogP contribution < -0.4 is 11.6 Å². The zero-order valence-corrected chi connectivity index (χ0v) is 10.8. The Morgan fingerprint density at radius 3 is 2.73 bits per heavy atom. The first-order chi connectivity index (χ1) is 6.93. The van der Waals surface area contributed by atoms with Crippen LogP contribution in [0, 0.1) is 0 Å². The maximum atomic E-state index is 5.48. The number of nitrogens with zero attached hydrogens (tertiary/aromatic N) is 2. The van der Waals surface area contributed by atoms with Crippen molar-refractivity contribution in [3.63, 3.8) is 0 Å². The van der Waals surface area contributed by atoms with Gasteiger partial charge in [-0.15, -0.1) is 11.3 Å². The van der Waals surface area contributed by atoms with Crippen LogP contribution in [0.4, 0.5) is 0 Å². The van der Waals surface area contributed by atoms with Gasteiger partial charge in [0.25, 0.3) is 0 Å². The fourth-order valence-electron chi connectivity index (χ4n) is 0.903. The number of hydrogen-bond donors (Lipinski definition) is 2. The minimum atomic E-state index is 0.112. The van der Waals surface area contributed by atoms with Crippen molar-refractivity contribution in [2.24, 2.45) is 16.7 Å². The molecule has 0 aliphatic heterocycles. The maximum Gasteiger partial charge on any atom is 0.177 e. The molecule has 0 saturated heterocycles. The zero-order chi connectivity index (χ0) is 11.5. The van der Waals surface area contributed by atoms with Gasteiger partial charge in [-0.05, 0) is 0 Å². The first-order valence-corrected chi connectivity index (χ1v) is 6.41. The van der Waals surface area contributed by atoms with Gasteiger partial charge in [0.05, 0.1) is 10.7 Å². The van der Waals surface area contributed by atoms with Crippen LogP contribution in [0.25, 0.3) is 0 Å². The summed E-state index contributed by atoms with van der Waals surface area (Å²) in [5.41, 5.74) is 6.62. The predicted octanol–water partition coefficient (Wildman–Crippen LogP) is 1.86. The molecular weight excluding hydrogens is 228 g/mol. The second kappa shape index (κ2) is 4.85. The van der Waals surface area contributed by atoms with E-state index in [2.05, 4.69) is 36.2 Å². The van der Waals surface area contributed by atoms with E-state index in [4.69, 9.17) is 11.6 Å². The second-order valence-corrected chi connectivity index (χ2v) is 6.00. The molecule has 1 aromatic rings. The molecule has 0 atom stereocenters. The first kappa shape index (κ1) is 12.3. The highest BCUT2D eigenvalue weighted by atomic mass is 32.2. The summed E-state index contributed by atoms with van der Waals surface area (Å²) >= 11 is 3.08. The van der Waals surface area contributed by atoms with Gasteiger partial charge < -0.3 is 11.6 Å². The first-order valence-electron chi connectivity index (χ1n) is 4.54. The molecule has 0 unspecified atom stereocenters. The summed E-state index contributed by atoms with van der Waals surface area (Å²) in [6.07, 6.45) is 0. The summed E-state index contributed by atoms with van der Waals surface area (Å²) in [5, 5.41) is 6.97. The molecule has 0 bridgehead atoms. The van der Waals surface area contributed by atoms with Gasteiger partial charge in [-0.1, -0.05) is 32.5 Å². The minimum absolute atomic E-state index is 0.112. The third kappa shape index (κ3) is 3.71. The van der Waals surface area contributed by atoms with Gasteiger partial charge in [0.15, 0.2) is 5.17 Å². The summed E-state index contributed by atoms with van der Waals surface area (Å²) < 4.78 is 0. The number of amidine groups is 1. The Labute approximate surface area is 98.1 Å². The van der Waals surface area contributed by atoms with Gasteiger partial charge >= 0.3 is 0 Å². The van der Waals surface area contributed by atoms with Crippen LogP contribution in [0.5, 0.6) is 0 Å². The van der Waals surface area contributed by atoms with Crippen LogP contribution in [-0.4, -0.2) is 10.2 Å². The molecular formula is C9H16N4S2. The van der Waals surface area contributed by atoms with E-state index in [-0.39, 0.29) is 5.41 Å². The Morgan fingerprint density at radius 2 is 2.27 bits per heavy atom. The molecule has 0 aliphatic rings. The lowest BCUT2D eigenvalue weighted by Crippen LogP contribution is -2.11. The van der Waals surface area contributed by atoms with Gasteiger partial charge in [0.2, 0.25) is 0 Å². The Balaban J connectivity index is 2.62. The summed E-state index contributed by atoms with van der Waals surface area (Å²) in [4.78, 5) is 4.53. The molecule has 6 heteroatoms. The molecule has 84 valence electrons. The Hall–Kier alpha value is -0.750. The average Bonchev–Trinajstić information content (AvgIpc) is 2.61. The highest BCUT2D eigenvalue weighted by Crippen LogP contribution is 2.26. The largest absolute Gasteiger partial charge is 0.377 e. The summed E-state index contributed by atoms with van der Waals surface area (Å²) in [6, 6.07) is 0. The predicted molar refractivity (Wildman–Crippen MR) is 67.9 cm³/mol. The van der Waals surface area contributed by atoms with Gasteiger partial charge in [0.1, 0.15) is 0 Å². The van der Waals surface area contributed by atoms with E-state index in [0.29, 0.717) is 5.17 Å². The molecule has 4 nitrogen and oxygen atoms in total. The lowest BCUT2D eigenvalue weighted by molar-refractivity contribution is 0.584. The molecule has 15 heavy (non-hydrogen) atoms. The van der Waals surface area contributed by atoms with Crippen LogP contribution >= 0.6 is 23.1 Å². The summed E-state index contributed by atoms with van der Waals surface area (Å²) in [6.45, 7) is 6.45. The Bertz CT molecular complexity index is 351.